The number of carbonyl (C=O) groups is 1. The summed E-state index contributed by atoms with van der Waals surface area (Å²) in [5.41, 5.74) is 0. The molecular weight excluding hydrogens is 168 g/mol. The average Bonchev–Trinajstić information content (AvgIpc) is 2.59. The van der Waals surface area contributed by atoms with Crippen LogP contribution >= 0.6 is 0 Å². The van der Waals surface area contributed by atoms with Gasteiger partial charge in [-0.15, -0.1) is 0 Å². The fourth-order valence-electron chi connectivity index (χ4n) is 1.52. The van der Waals surface area contributed by atoms with E-state index in [2.05, 4.69) is 20.5 Å². The van der Waals surface area contributed by atoms with Crippen LogP contribution in [0.2, 0.25) is 0 Å². The number of rotatable bonds is 1. The molecule has 1 amide bonds. The Labute approximate surface area is 76.5 Å². The van der Waals surface area contributed by atoms with E-state index in [0.29, 0.717) is 0 Å². The number of nitrogens with one attached hydrogen (secondary N) is 2. The zero-order chi connectivity index (χ0) is 9.26. The van der Waals surface area contributed by atoms with Crippen molar-refractivity contribution in [1.82, 2.24) is 15.5 Å². The first kappa shape index (κ1) is 8.10. The molecule has 0 aromatic rings. The highest BCUT2D eigenvalue weighted by Crippen LogP contribution is 2.13. The van der Waals surface area contributed by atoms with Crippen LogP contribution in [0.5, 0.6) is 0 Å². The molecule has 2 aliphatic rings. The molecule has 13 heavy (non-hydrogen) atoms. The third-order valence-electron chi connectivity index (χ3n) is 2.23. The molecule has 1 saturated heterocycles. The summed E-state index contributed by atoms with van der Waals surface area (Å²) in [4.78, 5) is 17.4. The molecule has 0 aromatic heterocycles. The Morgan fingerprint density at radius 1 is 1.85 bits per heavy atom. The van der Waals surface area contributed by atoms with E-state index < -0.39 is 0 Å². The van der Waals surface area contributed by atoms with Crippen molar-refractivity contribution in [3.8, 4) is 0 Å². The maximum Gasteiger partial charge on any atom is 0.244 e. The van der Waals surface area contributed by atoms with Gasteiger partial charge in [0.1, 0.15) is 11.9 Å². The van der Waals surface area contributed by atoms with Crippen LogP contribution in [0.25, 0.3) is 0 Å². The fourth-order valence-corrected chi connectivity index (χ4v) is 1.52. The molecule has 2 N–H and O–H groups in total. The second-order valence-electron chi connectivity index (χ2n) is 3.06. The molecule has 70 valence electrons. The minimum atomic E-state index is -0.141. The molecule has 0 saturated carbocycles. The third kappa shape index (κ3) is 1.37. The van der Waals surface area contributed by atoms with E-state index in [4.69, 9.17) is 0 Å². The molecule has 1 atom stereocenters. The zero-order valence-corrected chi connectivity index (χ0v) is 7.45. The summed E-state index contributed by atoms with van der Waals surface area (Å²) in [5, 5.41) is 5.73. The lowest BCUT2D eigenvalue weighted by Crippen LogP contribution is -2.40. The Morgan fingerprint density at radius 2 is 2.69 bits per heavy atom. The molecule has 0 bridgehead atoms. The first-order valence-electron chi connectivity index (χ1n) is 4.26. The van der Waals surface area contributed by atoms with Crippen molar-refractivity contribution >= 4 is 12.1 Å². The van der Waals surface area contributed by atoms with E-state index in [1.807, 2.05) is 6.21 Å². The monoisotopic (exact) mass is 180 g/mol. The van der Waals surface area contributed by atoms with E-state index in [-0.39, 0.29) is 11.9 Å². The molecule has 1 fully saturated rings. The number of amides is 1. The standard InChI is InChI=1S/C8H12N4O/c1-9-8(13)6-5-12-3-2-10-4-7(12)11-6/h2,4,6,11H,3,5H2,1H3,(H,9,13). The molecule has 1 unspecified atom stereocenters. The average molecular weight is 180 g/mol. The van der Waals surface area contributed by atoms with Crippen molar-refractivity contribution in [2.45, 2.75) is 6.04 Å². The molecule has 0 aromatic carbocycles. The van der Waals surface area contributed by atoms with Crippen LogP contribution in [0.3, 0.4) is 0 Å². The van der Waals surface area contributed by atoms with Gasteiger partial charge in [0.15, 0.2) is 0 Å². The highest BCUT2D eigenvalue weighted by molar-refractivity contribution is 5.82. The van der Waals surface area contributed by atoms with Gasteiger partial charge in [0, 0.05) is 19.8 Å². The summed E-state index contributed by atoms with van der Waals surface area (Å²) < 4.78 is 0. The van der Waals surface area contributed by atoms with Gasteiger partial charge >= 0.3 is 0 Å². The highest BCUT2D eigenvalue weighted by atomic mass is 16.2. The van der Waals surface area contributed by atoms with Crippen molar-refractivity contribution in [3.05, 3.63) is 12.0 Å². The van der Waals surface area contributed by atoms with Crippen molar-refractivity contribution in [1.29, 1.82) is 0 Å². The number of aliphatic imine (C=N–C) groups is 1. The lowest BCUT2D eigenvalue weighted by Gasteiger charge is -2.17. The first-order chi connectivity index (χ1) is 6.31. The summed E-state index contributed by atoms with van der Waals surface area (Å²) in [7, 11) is 1.65. The Balaban J connectivity index is 2.06. The summed E-state index contributed by atoms with van der Waals surface area (Å²) in [6.07, 6.45) is 3.57. The van der Waals surface area contributed by atoms with Gasteiger partial charge in [-0.3, -0.25) is 9.79 Å². The number of fused-ring (bicyclic) bond motifs is 1. The van der Waals surface area contributed by atoms with E-state index >= 15 is 0 Å². The minimum Gasteiger partial charge on any atom is -0.357 e. The van der Waals surface area contributed by atoms with E-state index in [1.54, 1.807) is 13.2 Å². The van der Waals surface area contributed by atoms with E-state index in [0.717, 1.165) is 18.9 Å². The molecule has 2 heterocycles. The van der Waals surface area contributed by atoms with Gasteiger partial charge in [-0.1, -0.05) is 0 Å². The third-order valence-corrected chi connectivity index (χ3v) is 2.23. The van der Waals surface area contributed by atoms with Crippen LogP contribution in [0, 0.1) is 0 Å². The molecule has 0 radical (unpaired) electrons. The predicted octanol–water partition coefficient (Wildman–Crippen LogP) is -1.11. The molecular formula is C8H12N4O. The van der Waals surface area contributed by atoms with Gasteiger partial charge in [-0.25, -0.2) is 0 Å². The summed E-state index contributed by atoms with van der Waals surface area (Å²) >= 11 is 0. The van der Waals surface area contributed by atoms with Crippen molar-refractivity contribution in [2.75, 3.05) is 20.1 Å². The van der Waals surface area contributed by atoms with Gasteiger partial charge in [-0.2, -0.15) is 0 Å². The van der Waals surface area contributed by atoms with Crippen molar-refractivity contribution in [2.24, 2.45) is 4.99 Å². The Bertz CT molecular complexity index is 284. The SMILES string of the molecule is CNC(=O)C1CN2CC=NC=C2N1. The van der Waals surface area contributed by atoms with Gasteiger partial charge < -0.3 is 15.5 Å². The van der Waals surface area contributed by atoms with Gasteiger partial charge in [0.05, 0.1) is 12.7 Å². The van der Waals surface area contributed by atoms with Crippen LogP contribution in [0.1, 0.15) is 0 Å². The molecule has 0 spiro atoms. The molecule has 5 heteroatoms. The number of hydrogen-bond donors (Lipinski definition) is 2. The van der Waals surface area contributed by atoms with Crippen LogP contribution in [0.4, 0.5) is 0 Å². The quantitative estimate of drug-likeness (QED) is 0.538. The maximum absolute atomic E-state index is 11.3. The highest BCUT2D eigenvalue weighted by Gasteiger charge is 2.30. The van der Waals surface area contributed by atoms with Gasteiger partial charge in [-0.05, 0) is 0 Å². The number of nitrogens with zero attached hydrogens (tertiary/aromatic N) is 2. The Morgan fingerprint density at radius 3 is 3.38 bits per heavy atom. The van der Waals surface area contributed by atoms with Crippen LogP contribution in [0.15, 0.2) is 17.0 Å². The van der Waals surface area contributed by atoms with Crippen molar-refractivity contribution in [3.63, 3.8) is 0 Å². The van der Waals surface area contributed by atoms with Gasteiger partial charge in [0.2, 0.25) is 5.91 Å². The Kier molecular flexibility index (Phi) is 1.92. The first-order valence-corrected chi connectivity index (χ1v) is 4.26. The smallest absolute Gasteiger partial charge is 0.244 e. The zero-order valence-electron chi connectivity index (χ0n) is 7.45. The van der Waals surface area contributed by atoms with E-state index in [9.17, 15) is 4.79 Å². The maximum atomic E-state index is 11.3. The van der Waals surface area contributed by atoms with E-state index in [1.165, 1.54) is 0 Å². The van der Waals surface area contributed by atoms with Crippen molar-refractivity contribution < 1.29 is 4.79 Å². The number of likely N-dealkylation sites (N-methyl/N-ethyl adjacent to an activating group) is 1. The molecule has 5 nitrogen and oxygen atoms in total. The minimum absolute atomic E-state index is 0.0234. The van der Waals surface area contributed by atoms with Gasteiger partial charge in [0.25, 0.3) is 0 Å². The molecule has 0 aliphatic carbocycles. The Hall–Kier alpha value is -1.52. The lowest BCUT2D eigenvalue weighted by atomic mass is 10.3. The molecule has 2 aliphatic heterocycles. The molecule has 2 rings (SSSR count). The predicted molar refractivity (Wildman–Crippen MR) is 49.1 cm³/mol. The topological polar surface area (TPSA) is 56.7 Å². The summed E-state index contributed by atoms with van der Waals surface area (Å²) in [6, 6.07) is -0.141. The second kappa shape index (κ2) is 3.08. The summed E-state index contributed by atoms with van der Waals surface area (Å²) in [5.74, 6) is 0.964. The lowest BCUT2D eigenvalue weighted by molar-refractivity contribution is -0.122. The normalized spacial score (nSPS) is 24.8. The second-order valence-corrected chi connectivity index (χ2v) is 3.06. The number of carbonyl (C=O) groups excluding carboxylic acids is 1. The number of hydrogen-bond acceptors (Lipinski definition) is 4. The summed E-state index contributed by atoms with van der Waals surface area (Å²) in [6.45, 7) is 1.50. The van der Waals surface area contributed by atoms with Crippen LogP contribution in [-0.2, 0) is 4.79 Å². The fraction of sp³-hybridized carbons (Fsp3) is 0.500. The van der Waals surface area contributed by atoms with Crippen LogP contribution < -0.4 is 10.6 Å². The van der Waals surface area contributed by atoms with Crippen LogP contribution in [-0.4, -0.2) is 43.2 Å². The largest absolute Gasteiger partial charge is 0.357 e.